The van der Waals surface area contributed by atoms with Crippen molar-refractivity contribution in [1.29, 1.82) is 0 Å². The normalized spacial score (nSPS) is 25.8. The van der Waals surface area contributed by atoms with E-state index in [0.29, 0.717) is 12.8 Å². The first-order chi connectivity index (χ1) is 13.5. The molecule has 1 aliphatic carbocycles. The monoisotopic (exact) mass is 411 g/mol. The molecule has 2 atom stereocenters. The molecule has 1 saturated heterocycles. The molecule has 2 fully saturated rings. The largest absolute Gasteiger partial charge is 0.465 e. The summed E-state index contributed by atoms with van der Waals surface area (Å²) in [5.41, 5.74) is -1.05. The second-order valence-corrected chi connectivity index (χ2v) is 8.87. The fourth-order valence-electron chi connectivity index (χ4n) is 4.74. The quantitative estimate of drug-likeness (QED) is 0.475. The minimum atomic E-state index is -0.961. The summed E-state index contributed by atoms with van der Waals surface area (Å²) in [7, 11) is 1.49. The Bertz CT molecular complexity index is 665. The van der Waals surface area contributed by atoms with Crippen molar-refractivity contribution in [3.63, 3.8) is 0 Å². The molecule has 9 heteroatoms. The highest BCUT2D eigenvalue weighted by Crippen LogP contribution is 2.46. The van der Waals surface area contributed by atoms with Gasteiger partial charge >= 0.3 is 12.0 Å². The average molecular weight is 411 g/mol. The molecular formula is C20H33N3O6. The van der Waals surface area contributed by atoms with E-state index in [2.05, 4.69) is 26.1 Å². The molecule has 29 heavy (non-hydrogen) atoms. The second kappa shape index (κ2) is 9.11. The van der Waals surface area contributed by atoms with E-state index >= 15 is 0 Å². The topological polar surface area (TPSA) is 105 Å². The first-order valence-electron chi connectivity index (χ1n) is 10.1. The maximum Gasteiger partial charge on any atom is 0.325 e. The maximum absolute atomic E-state index is 13.2. The van der Waals surface area contributed by atoms with E-state index in [1.165, 1.54) is 12.0 Å². The number of urea groups is 1. The second-order valence-electron chi connectivity index (χ2n) is 8.87. The summed E-state index contributed by atoms with van der Waals surface area (Å²) >= 11 is 0. The van der Waals surface area contributed by atoms with Crippen LogP contribution in [0.15, 0.2) is 0 Å². The molecule has 1 N–H and O–H groups in total. The van der Waals surface area contributed by atoms with Crippen molar-refractivity contribution in [1.82, 2.24) is 15.1 Å². The average Bonchev–Trinajstić information content (AvgIpc) is 2.80. The zero-order valence-electron chi connectivity index (χ0n) is 18.1. The van der Waals surface area contributed by atoms with Crippen molar-refractivity contribution in [2.24, 2.45) is 11.3 Å². The molecule has 2 aliphatic rings. The van der Waals surface area contributed by atoms with E-state index in [1.54, 1.807) is 6.92 Å². The van der Waals surface area contributed by atoms with Crippen LogP contribution in [0.4, 0.5) is 4.79 Å². The smallest absolute Gasteiger partial charge is 0.325 e. The lowest BCUT2D eigenvalue weighted by Gasteiger charge is -2.43. The van der Waals surface area contributed by atoms with Gasteiger partial charge in [0.15, 0.2) is 0 Å². The van der Waals surface area contributed by atoms with Gasteiger partial charge < -0.3 is 19.7 Å². The molecular weight excluding hydrogens is 378 g/mol. The minimum absolute atomic E-state index is 0.0883. The summed E-state index contributed by atoms with van der Waals surface area (Å²) in [5.74, 6) is -1.13. The summed E-state index contributed by atoms with van der Waals surface area (Å²) in [6, 6.07) is -0.559. The van der Waals surface area contributed by atoms with Crippen molar-refractivity contribution in [2.75, 3.05) is 40.0 Å². The molecule has 0 radical (unpaired) electrons. The van der Waals surface area contributed by atoms with Crippen LogP contribution in [0.25, 0.3) is 0 Å². The van der Waals surface area contributed by atoms with Crippen molar-refractivity contribution >= 4 is 23.8 Å². The van der Waals surface area contributed by atoms with Crippen LogP contribution in [-0.4, -0.2) is 79.1 Å². The zero-order valence-corrected chi connectivity index (χ0v) is 18.1. The Labute approximate surface area is 172 Å². The molecule has 2 unspecified atom stereocenters. The van der Waals surface area contributed by atoms with Gasteiger partial charge in [-0.15, -0.1) is 0 Å². The first-order valence-corrected chi connectivity index (χ1v) is 10.1. The third-order valence-corrected chi connectivity index (χ3v) is 5.46. The van der Waals surface area contributed by atoms with Gasteiger partial charge in [0.2, 0.25) is 5.91 Å². The number of carbonyl (C=O) groups excluding carboxylic acids is 4. The fraction of sp³-hybridized carbons (Fsp3) is 0.800. The predicted molar refractivity (Wildman–Crippen MR) is 105 cm³/mol. The van der Waals surface area contributed by atoms with E-state index < -0.39 is 30.0 Å². The Morgan fingerprint density at radius 2 is 1.97 bits per heavy atom. The lowest BCUT2D eigenvalue weighted by molar-refractivity contribution is -0.150. The molecule has 1 aliphatic heterocycles. The Morgan fingerprint density at radius 3 is 2.55 bits per heavy atom. The molecule has 1 spiro atoms. The van der Waals surface area contributed by atoms with Crippen LogP contribution in [0.1, 0.15) is 47.0 Å². The SMILES string of the molecule is CCOC(=O)CN(CCOC)C(=O)CN1C(=O)NC2(CC(C)CC(C)(C)C2)C1=O. The third-order valence-electron chi connectivity index (χ3n) is 5.46. The van der Waals surface area contributed by atoms with Gasteiger partial charge in [-0.05, 0) is 37.5 Å². The number of carbonyl (C=O) groups is 4. The molecule has 0 aromatic heterocycles. The highest BCUT2D eigenvalue weighted by Gasteiger charge is 2.56. The number of hydrogen-bond donors (Lipinski definition) is 1. The van der Waals surface area contributed by atoms with E-state index in [9.17, 15) is 19.2 Å². The van der Waals surface area contributed by atoms with Crippen molar-refractivity contribution in [3.05, 3.63) is 0 Å². The van der Waals surface area contributed by atoms with Gasteiger partial charge in [-0.3, -0.25) is 19.3 Å². The standard InChI is InChI=1S/C20H33N3O6/c1-6-29-16(25)12-22(7-8-28-5)15(24)11-23-17(26)20(21-18(23)27)10-14(2)9-19(3,4)13-20/h14H,6-13H2,1-5H3,(H,21,27). The third kappa shape index (κ3) is 5.46. The molecule has 0 bridgehead atoms. The van der Waals surface area contributed by atoms with Gasteiger partial charge in [-0.2, -0.15) is 0 Å². The van der Waals surface area contributed by atoms with Gasteiger partial charge in [-0.1, -0.05) is 20.8 Å². The van der Waals surface area contributed by atoms with Gasteiger partial charge in [0.1, 0.15) is 18.6 Å². The molecule has 2 rings (SSSR count). The number of nitrogens with zero attached hydrogens (tertiary/aromatic N) is 2. The van der Waals surface area contributed by atoms with Crippen LogP contribution in [-0.2, 0) is 23.9 Å². The predicted octanol–water partition coefficient (Wildman–Crippen LogP) is 1.16. The Hall–Kier alpha value is -2.16. The van der Waals surface area contributed by atoms with Crippen molar-refractivity contribution in [3.8, 4) is 0 Å². The highest BCUT2D eigenvalue weighted by atomic mass is 16.5. The summed E-state index contributed by atoms with van der Waals surface area (Å²) in [6.07, 6.45) is 2.07. The van der Waals surface area contributed by atoms with Gasteiger partial charge in [-0.25, -0.2) is 4.79 Å². The Kier molecular flexibility index (Phi) is 7.26. The number of methoxy groups -OCH3 is 1. The molecule has 164 valence electrons. The number of esters is 1. The molecule has 0 aromatic rings. The summed E-state index contributed by atoms with van der Waals surface area (Å²) < 4.78 is 9.90. The number of hydrogen-bond acceptors (Lipinski definition) is 6. The molecule has 1 heterocycles. The number of imide groups is 1. The zero-order chi connectivity index (χ0) is 21.8. The minimum Gasteiger partial charge on any atom is -0.465 e. The fourth-order valence-corrected chi connectivity index (χ4v) is 4.74. The van der Waals surface area contributed by atoms with Gasteiger partial charge in [0.25, 0.3) is 5.91 Å². The number of ether oxygens (including phenoxy) is 2. The molecule has 0 aromatic carbocycles. The van der Waals surface area contributed by atoms with E-state index in [0.717, 1.165) is 11.3 Å². The van der Waals surface area contributed by atoms with Crippen LogP contribution in [0, 0.1) is 11.3 Å². The van der Waals surface area contributed by atoms with Gasteiger partial charge in [0, 0.05) is 13.7 Å². The van der Waals surface area contributed by atoms with Crippen LogP contribution < -0.4 is 5.32 Å². The van der Waals surface area contributed by atoms with E-state index in [-0.39, 0.29) is 43.5 Å². The molecule has 9 nitrogen and oxygen atoms in total. The van der Waals surface area contributed by atoms with Crippen LogP contribution in [0.3, 0.4) is 0 Å². The number of rotatable bonds is 8. The van der Waals surface area contributed by atoms with Crippen molar-refractivity contribution in [2.45, 2.75) is 52.5 Å². The van der Waals surface area contributed by atoms with Crippen LogP contribution in [0.5, 0.6) is 0 Å². The summed E-state index contributed by atoms with van der Waals surface area (Å²) in [6.45, 7) is 7.84. The Balaban J connectivity index is 2.12. The lowest BCUT2D eigenvalue weighted by Crippen LogP contribution is -2.54. The van der Waals surface area contributed by atoms with Crippen LogP contribution in [0.2, 0.25) is 0 Å². The first kappa shape index (κ1) is 23.1. The van der Waals surface area contributed by atoms with Gasteiger partial charge in [0.05, 0.1) is 13.2 Å². The van der Waals surface area contributed by atoms with Crippen molar-refractivity contribution < 1.29 is 28.7 Å². The lowest BCUT2D eigenvalue weighted by atomic mass is 9.64. The van der Waals surface area contributed by atoms with E-state index in [1.807, 2.05) is 0 Å². The van der Waals surface area contributed by atoms with E-state index in [4.69, 9.17) is 9.47 Å². The molecule has 1 saturated carbocycles. The Morgan fingerprint density at radius 1 is 1.28 bits per heavy atom. The molecule has 4 amide bonds. The highest BCUT2D eigenvalue weighted by molar-refractivity contribution is 6.09. The summed E-state index contributed by atoms with van der Waals surface area (Å²) in [4.78, 5) is 52.6. The summed E-state index contributed by atoms with van der Waals surface area (Å²) in [5, 5.41) is 2.85. The number of amides is 4. The maximum atomic E-state index is 13.2. The number of nitrogens with one attached hydrogen (secondary N) is 1. The van der Waals surface area contributed by atoms with Crippen LogP contribution >= 0.6 is 0 Å².